The van der Waals surface area contributed by atoms with Gasteiger partial charge in [-0.3, -0.25) is 5.26 Å². The van der Waals surface area contributed by atoms with Crippen molar-refractivity contribution in [3.8, 4) is 0 Å². The van der Waals surface area contributed by atoms with E-state index in [9.17, 15) is 0 Å². The number of hydrogen-bond donors (Lipinski definition) is 1. The summed E-state index contributed by atoms with van der Waals surface area (Å²) in [6.07, 6.45) is 3.27. The summed E-state index contributed by atoms with van der Waals surface area (Å²) in [4.78, 5) is 5.93. The Morgan fingerprint density at radius 2 is 1.75 bits per heavy atom. The Labute approximate surface area is 98.6 Å². The molecule has 1 N–H and O–H groups in total. The van der Waals surface area contributed by atoms with Crippen LogP contribution in [0.2, 0.25) is 0 Å². The normalized spacial score (nSPS) is 9.25. The molecular formula is C13H23NO2. The van der Waals surface area contributed by atoms with Crippen LogP contribution in [0.3, 0.4) is 0 Å². The van der Waals surface area contributed by atoms with Crippen LogP contribution in [0.1, 0.15) is 26.2 Å². The van der Waals surface area contributed by atoms with Gasteiger partial charge in [-0.05, 0) is 18.6 Å². The largest absolute Gasteiger partial charge is 0.378 e. The number of anilines is 1. The van der Waals surface area contributed by atoms with Crippen LogP contribution in [0.25, 0.3) is 0 Å². The highest BCUT2D eigenvalue weighted by Crippen LogP contribution is 2.07. The molecule has 0 heterocycles. The van der Waals surface area contributed by atoms with Gasteiger partial charge in [0.25, 0.3) is 0 Å². The van der Waals surface area contributed by atoms with Crippen LogP contribution in [-0.4, -0.2) is 26.0 Å². The standard InChI is InChI=1S/C8H11N.C5H12O2/c1-9(2)8-6-4-3-5-7-8;1-2-3-4-5-7-6/h3-7H,1-2H3;6H,2-5H2,1H3. The molecule has 0 saturated carbocycles. The molecule has 3 nitrogen and oxygen atoms in total. The topological polar surface area (TPSA) is 32.7 Å². The first-order valence-corrected chi connectivity index (χ1v) is 5.71. The molecule has 0 bridgehead atoms. The second kappa shape index (κ2) is 10.5. The summed E-state index contributed by atoms with van der Waals surface area (Å²) in [5.41, 5.74) is 1.25. The molecule has 0 aliphatic carbocycles. The molecule has 92 valence electrons. The Kier molecular flexibility index (Phi) is 9.76. The maximum Gasteiger partial charge on any atom is 0.0819 e. The van der Waals surface area contributed by atoms with Gasteiger partial charge in [-0.1, -0.05) is 38.0 Å². The predicted octanol–water partition coefficient (Wildman–Crippen LogP) is 3.42. The molecule has 0 radical (unpaired) electrons. The van der Waals surface area contributed by atoms with Crippen LogP contribution in [0.4, 0.5) is 5.69 Å². The van der Waals surface area contributed by atoms with Gasteiger partial charge in [0.1, 0.15) is 0 Å². The Morgan fingerprint density at radius 3 is 2.12 bits per heavy atom. The van der Waals surface area contributed by atoms with Gasteiger partial charge in [0.2, 0.25) is 0 Å². The van der Waals surface area contributed by atoms with Crippen LogP contribution in [0.5, 0.6) is 0 Å². The summed E-state index contributed by atoms with van der Waals surface area (Å²) in [6, 6.07) is 10.3. The van der Waals surface area contributed by atoms with E-state index in [1.807, 2.05) is 32.3 Å². The molecule has 3 heteroatoms. The molecule has 0 atom stereocenters. The third kappa shape index (κ3) is 8.26. The Balaban J connectivity index is 0.000000293. The molecule has 0 unspecified atom stereocenters. The van der Waals surface area contributed by atoms with Crippen molar-refractivity contribution in [3.63, 3.8) is 0 Å². The van der Waals surface area contributed by atoms with Gasteiger partial charge < -0.3 is 4.90 Å². The first-order chi connectivity index (χ1) is 7.72. The van der Waals surface area contributed by atoms with Crippen molar-refractivity contribution in [2.75, 3.05) is 25.6 Å². The van der Waals surface area contributed by atoms with Crippen LogP contribution >= 0.6 is 0 Å². The second-order valence-corrected chi connectivity index (χ2v) is 3.77. The number of rotatable bonds is 5. The quantitative estimate of drug-likeness (QED) is 0.473. The van der Waals surface area contributed by atoms with Crippen LogP contribution in [-0.2, 0) is 4.89 Å². The van der Waals surface area contributed by atoms with Crippen LogP contribution in [0.15, 0.2) is 30.3 Å². The fraction of sp³-hybridized carbons (Fsp3) is 0.538. The van der Waals surface area contributed by atoms with Gasteiger partial charge in [0.05, 0.1) is 6.61 Å². The molecule has 0 saturated heterocycles. The minimum Gasteiger partial charge on any atom is -0.378 e. The first-order valence-electron chi connectivity index (χ1n) is 5.71. The van der Waals surface area contributed by atoms with Crippen molar-refractivity contribution in [3.05, 3.63) is 30.3 Å². The minimum atomic E-state index is 0.480. The number of unbranched alkanes of at least 4 members (excludes halogenated alkanes) is 2. The highest BCUT2D eigenvalue weighted by atomic mass is 17.1. The summed E-state index contributed by atoms with van der Waals surface area (Å²) >= 11 is 0. The Bertz CT molecular complexity index is 233. The molecule has 0 spiro atoms. The summed E-state index contributed by atoms with van der Waals surface area (Å²) in [5.74, 6) is 0. The molecule has 0 aromatic heterocycles. The summed E-state index contributed by atoms with van der Waals surface area (Å²) in [7, 11) is 4.07. The van der Waals surface area contributed by atoms with Gasteiger partial charge in [-0.2, -0.15) is 0 Å². The Morgan fingerprint density at radius 1 is 1.12 bits per heavy atom. The lowest BCUT2D eigenvalue weighted by molar-refractivity contribution is -0.242. The van der Waals surface area contributed by atoms with E-state index >= 15 is 0 Å². The van der Waals surface area contributed by atoms with Crippen molar-refractivity contribution >= 4 is 5.69 Å². The maximum atomic E-state index is 7.79. The van der Waals surface area contributed by atoms with Gasteiger partial charge >= 0.3 is 0 Å². The molecule has 1 rings (SSSR count). The van der Waals surface area contributed by atoms with Gasteiger partial charge in [0, 0.05) is 19.8 Å². The van der Waals surface area contributed by atoms with Crippen LogP contribution in [0, 0.1) is 0 Å². The fourth-order valence-electron chi connectivity index (χ4n) is 1.14. The highest BCUT2D eigenvalue weighted by molar-refractivity contribution is 5.43. The SMILES string of the molecule is CCCCCOO.CN(C)c1ccccc1. The third-order valence-corrected chi connectivity index (χ3v) is 2.11. The second-order valence-electron chi connectivity index (χ2n) is 3.77. The van der Waals surface area contributed by atoms with E-state index < -0.39 is 0 Å². The summed E-state index contributed by atoms with van der Waals surface area (Å²) in [5, 5.41) is 7.79. The van der Waals surface area contributed by atoms with E-state index in [1.165, 1.54) is 12.1 Å². The van der Waals surface area contributed by atoms with E-state index in [0.717, 1.165) is 12.8 Å². The van der Waals surface area contributed by atoms with E-state index in [2.05, 4.69) is 28.8 Å². The zero-order chi connectivity index (χ0) is 12.2. The number of benzene rings is 1. The van der Waals surface area contributed by atoms with Gasteiger partial charge in [-0.15, -0.1) is 0 Å². The van der Waals surface area contributed by atoms with Crippen molar-refractivity contribution in [2.45, 2.75) is 26.2 Å². The average molecular weight is 225 g/mol. The molecule has 1 aromatic carbocycles. The first kappa shape index (κ1) is 14.9. The zero-order valence-electron chi connectivity index (χ0n) is 10.5. The molecule has 0 amide bonds. The highest BCUT2D eigenvalue weighted by Gasteiger charge is 1.87. The van der Waals surface area contributed by atoms with E-state index in [-0.39, 0.29) is 0 Å². The molecule has 0 aliphatic heterocycles. The zero-order valence-corrected chi connectivity index (χ0v) is 10.5. The monoisotopic (exact) mass is 225 g/mol. The van der Waals surface area contributed by atoms with Crippen molar-refractivity contribution in [1.82, 2.24) is 0 Å². The lowest BCUT2D eigenvalue weighted by Crippen LogP contribution is -2.07. The third-order valence-electron chi connectivity index (χ3n) is 2.11. The minimum absolute atomic E-state index is 0.480. The van der Waals surface area contributed by atoms with Crippen molar-refractivity contribution in [1.29, 1.82) is 0 Å². The smallest absolute Gasteiger partial charge is 0.0819 e. The fourth-order valence-corrected chi connectivity index (χ4v) is 1.14. The number of nitrogens with zero attached hydrogens (tertiary/aromatic N) is 1. The summed E-state index contributed by atoms with van der Waals surface area (Å²) in [6.45, 7) is 2.59. The molecule has 0 aliphatic rings. The van der Waals surface area contributed by atoms with E-state index in [4.69, 9.17) is 5.26 Å². The Hall–Kier alpha value is -1.06. The van der Waals surface area contributed by atoms with Crippen molar-refractivity contribution < 1.29 is 10.1 Å². The predicted molar refractivity (Wildman–Crippen MR) is 68.9 cm³/mol. The number of para-hydroxylation sites is 1. The van der Waals surface area contributed by atoms with Crippen molar-refractivity contribution in [2.24, 2.45) is 0 Å². The van der Waals surface area contributed by atoms with Crippen LogP contribution < -0.4 is 4.90 Å². The molecule has 0 fully saturated rings. The van der Waals surface area contributed by atoms with Gasteiger partial charge in [-0.25, -0.2) is 4.89 Å². The lowest BCUT2D eigenvalue weighted by Gasteiger charge is -2.10. The lowest BCUT2D eigenvalue weighted by atomic mass is 10.3. The molecule has 1 aromatic rings. The molecular weight excluding hydrogens is 202 g/mol. The van der Waals surface area contributed by atoms with Gasteiger partial charge in [0.15, 0.2) is 0 Å². The summed E-state index contributed by atoms with van der Waals surface area (Å²) < 4.78 is 0. The number of hydrogen-bond acceptors (Lipinski definition) is 3. The van der Waals surface area contributed by atoms with E-state index in [0.29, 0.717) is 6.61 Å². The van der Waals surface area contributed by atoms with E-state index in [1.54, 1.807) is 0 Å². The average Bonchev–Trinajstić information content (AvgIpc) is 2.32. The molecule has 16 heavy (non-hydrogen) atoms. The maximum absolute atomic E-state index is 7.79.